The Morgan fingerprint density at radius 1 is 0.886 bits per heavy atom. The molecule has 180 valence electrons. The van der Waals surface area contributed by atoms with Crippen LogP contribution in [0.25, 0.3) is 16.9 Å². The van der Waals surface area contributed by atoms with Crippen molar-refractivity contribution in [3.8, 4) is 16.9 Å². The molecule has 4 heterocycles. The summed E-state index contributed by atoms with van der Waals surface area (Å²) in [6, 6.07) is 12.2. The molecule has 0 atom stereocenters. The Bertz CT molecular complexity index is 1200. The van der Waals surface area contributed by atoms with Crippen LogP contribution in [0.2, 0.25) is 0 Å². The van der Waals surface area contributed by atoms with Crippen molar-refractivity contribution in [3.63, 3.8) is 0 Å². The van der Waals surface area contributed by atoms with E-state index in [0.29, 0.717) is 24.7 Å². The number of aromatic nitrogens is 5. The lowest BCUT2D eigenvalue weighted by Crippen LogP contribution is -2.29. The van der Waals surface area contributed by atoms with Gasteiger partial charge in [-0.05, 0) is 43.5 Å². The molecular formula is C25H29N9O. The van der Waals surface area contributed by atoms with Gasteiger partial charge in [0.25, 0.3) is 0 Å². The quantitative estimate of drug-likeness (QED) is 0.212. The minimum atomic E-state index is 0.538. The van der Waals surface area contributed by atoms with Crippen LogP contribution >= 0.6 is 0 Å². The molecule has 0 unspecified atom stereocenters. The summed E-state index contributed by atoms with van der Waals surface area (Å²) >= 11 is 0. The van der Waals surface area contributed by atoms with E-state index in [0.717, 1.165) is 35.9 Å². The number of pyridine rings is 1. The fourth-order valence-electron chi connectivity index (χ4n) is 4.18. The first-order chi connectivity index (χ1) is 17.3. The number of imidazole rings is 1. The Labute approximate surface area is 204 Å². The normalized spacial score (nSPS) is 13.5. The van der Waals surface area contributed by atoms with Crippen LogP contribution in [0, 0.1) is 0 Å². The van der Waals surface area contributed by atoms with E-state index in [1.807, 2.05) is 17.0 Å². The van der Waals surface area contributed by atoms with Crippen LogP contribution in [0.4, 0.5) is 23.1 Å². The number of hydrogen-bond acceptors (Lipinski definition) is 9. The standard InChI is InChI=1S/C25H29N9O/c35-32-20-6-9-23(29-16-20)27-10-11-28-25-30-17-22(34-15-12-26-18-34)24(31-25)19-4-7-21(8-5-19)33-13-2-1-3-14-33/h4-9,12,15-18,32,35H,1-3,10-11,13-14H2,(H,27,29)(H,28,30,31). The third kappa shape index (κ3) is 5.49. The van der Waals surface area contributed by atoms with E-state index >= 15 is 0 Å². The fourth-order valence-corrected chi connectivity index (χ4v) is 4.18. The topological polar surface area (TPSA) is 116 Å². The second kappa shape index (κ2) is 10.8. The van der Waals surface area contributed by atoms with Crippen molar-refractivity contribution in [3.05, 3.63) is 67.5 Å². The molecule has 1 aliphatic rings. The predicted molar refractivity (Wildman–Crippen MR) is 137 cm³/mol. The van der Waals surface area contributed by atoms with E-state index in [2.05, 4.69) is 60.2 Å². The highest BCUT2D eigenvalue weighted by molar-refractivity contribution is 5.71. The Morgan fingerprint density at radius 2 is 1.71 bits per heavy atom. The van der Waals surface area contributed by atoms with Crippen molar-refractivity contribution in [2.45, 2.75) is 19.3 Å². The molecule has 10 heteroatoms. The van der Waals surface area contributed by atoms with E-state index in [9.17, 15) is 0 Å². The molecule has 4 aromatic rings. The maximum absolute atomic E-state index is 8.89. The second-order valence-corrected chi connectivity index (χ2v) is 8.39. The van der Waals surface area contributed by atoms with E-state index in [-0.39, 0.29) is 0 Å². The second-order valence-electron chi connectivity index (χ2n) is 8.39. The van der Waals surface area contributed by atoms with Gasteiger partial charge in [-0.3, -0.25) is 10.7 Å². The van der Waals surface area contributed by atoms with Crippen molar-refractivity contribution >= 4 is 23.1 Å². The zero-order chi connectivity index (χ0) is 23.9. The van der Waals surface area contributed by atoms with Crippen molar-refractivity contribution in [1.82, 2.24) is 24.5 Å². The van der Waals surface area contributed by atoms with Gasteiger partial charge in [0.05, 0.1) is 35.8 Å². The molecule has 5 rings (SSSR count). The zero-order valence-electron chi connectivity index (χ0n) is 19.4. The lowest BCUT2D eigenvalue weighted by molar-refractivity contribution is 0.388. The number of benzene rings is 1. The van der Waals surface area contributed by atoms with Gasteiger partial charge >= 0.3 is 0 Å². The molecule has 0 saturated carbocycles. The average molecular weight is 472 g/mol. The number of piperidine rings is 1. The van der Waals surface area contributed by atoms with E-state index in [4.69, 9.17) is 10.2 Å². The summed E-state index contributed by atoms with van der Waals surface area (Å²) in [4.78, 5) is 20.2. The maximum Gasteiger partial charge on any atom is 0.223 e. The van der Waals surface area contributed by atoms with Gasteiger partial charge in [-0.1, -0.05) is 12.1 Å². The Morgan fingerprint density at radius 3 is 2.43 bits per heavy atom. The molecule has 0 aliphatic carbocycles. The van der Waals surface area contributed by atoms with Crippen LogP contribution in [0.15, 0.2) is 67.5 Å². The van der Waals surface area contributed by atoms with Gasteiger partial charge < -0.3 is 20.1 Å². The Balaban J connectivity index is 1.30. The van der Waals surface area contributed by atoms with Crippen LogP contribution in [0.1, 0.15) is 19.3 Å². The first-order valence-electron chi connectivity index (χ1n) is 11.8. The summed E-state index contributed by atoms with van der Waals surface area (Å²) in [6.07, 6.45) is 12.6. The summed E-state index contributed by atoms with van der Waals surface area (Å²) < 4.78 is 1.93. The minimum Gasteiger partial charge on any atom is -0.372 e. The average Bonchev–Trinajstić information content (AvgIpc) is 3.47. The number of anilines is 4. The van der Waals surface area contributed by atoms with E-state index < -0.39 is 0 Å². The van der Waals surface area contributed by atoms with Crippen LogP contribution in [0.5, 0.6) is 0 Å². The van der Waals surface area contributed by atoms with Crippen molar-refractivity contribution in [1.29, 1.82) is 0 Å². The molecule has 1 aliphatic heterocycles. The fraction of sp³-hybridized carbons (Fsp3) is 0.280. The molecule has 0 radical (unpaired) electrons. The largest absolute Gasteiger partial charge is 0.372 e. The highest BCUT2D eigenvalue weighted by Crippen LogP contribution is 2.28. The lowest BCUT2D eigenvalue weighted by atomic mass is 10.1. The first-order valence-corrected chi connectivity index (χ1v) is 11.8. The highest BCUT2D eigenvalue weighted by Gasteiger charge is 2.14. The summed E-state index contributed by atoms with van der Waals surface area (Å²) in [5.74, 6) is 1.27. The number of hydrogen-bond donors (Lipinski definition) is 4. The predicted octanol–water partition coefficient (Wildman–Crippen LogP) is 4.04. The Hall–Kier alpha value is -4.18. The van der Waals surface area contributed by atoms with Crippen molar-refractivity contribution in [2.75, 3.05) is 47.2 Å². The smallest absolute Gasteiger partial charge is 0.223 e. The summed E-state index contributed by atoms with van der Waals surface area (Å²) in [7, 11) is 0. The summed E-state index contributed by atoms with van der Waals surface area (Å²) in [5.41, 5.74) is 6.61. The third-order valence-electron chi connectivity index (χ3n) is 6.02. The van der Waals surface area contributed by atoms with Crippen molar-refractivity contribution in [2.24, 2.45) is 0 Å². The summed E-state index contributed by atoms with van der Waals surface area (Å²) in [6.45, 7) is 3.48. The molecule has 4 N–H and O–H groups in total. The number of nitrogens with zero attached hydrogens (tertiary/aromatic N) is 6. The molecule has 3 aromatic heterocycles. The Kier molecular flexibility index (Phi) is 7.00. The first kappa shape index (κ1) is 22.6. The highest BCUT2D eigenvalue weighted by atomic mass is 16.5. The van der Waals surface area contributed by atoms with Gasteiger partial charge in [0.2, 0.25) is 5.95 Å². The van der Waals surface area contributed by atoms with Gasteiger partial charge in [0.1, 0.15) is 5.82 Å². The maximum atomic E-state index is 8.89. The lowest BCUT2D eigenvalue weighted by Gasteiger charge is -2.28. The van der Waals surface area contributed by atoms with E-state index in [1.165, 1.54) is 24.9 Å². The van der Waals surface area contributed by atoms with Crippen LogP contribution in [-0.4, -0.2) is 55.9 Å². The van der Waals surface area contributed by atoms with Gasteiger partial charge in [-0.15, -0.1) is 0 Å². The van der Waals surface area contributed by atoms with Crippen LogP contribution in [0.3, 0.4) is 0 Å². The molecule has 1 saturated heterocycles. The SMILES string of the molecule is ONc1ccc(NCCNc2ncc(-n3ccnc3)c(-c3ccc(N4CCCCC4)cc3)n2)nc1. The van der Waals surface area contributed by atoms with Gasteiger partial charge in [-0.2, -0.15) is 0 Å². The molecule has 1 aromatic carbocycles. The van der Waals surface area contributed by atoms with E-state index in [1.54, 1.807) is 30.9 Å². The monoisotopic (exact) mass is 471 g/mol. The van der Waals surface area contributed by atoms with Crippen LogP contribution < -0.4 is 21.0 Å². The molecule has 35 heavy (non-hydrogen) atoms. The minimum absolute atomic E-state index is 0.538. The van der Waals surface area contributed by atoms with Crippen LogP contribution in [-0.2, 0) is 0 Å². The summed E-state index contributed by atoms with van der Waals surface area (Å²) in [5, 5.41) is 15.4. The molecule has 0 spiro atoms. The third-order valence-corrected chi connectivity index (χ3v) is 6.02. The molecule has 0 amide bonds. The molecule has 10 nitrogen and oxygen atoms in total. The number of nitrogens with one attached hydrogen (secondary N) is 3. The van der Waals surface area contributed by atoms with Gasteiger partial charge in [0.15, 0.2) is 0 Å². The molecular weight excluding hydrogens is 442 g/mol. The molecule has 1 fully saturated rings. The molecule has 0 bridgehead atoms. The zero-order valence-corrected chi connectivity index (χ0v) is 19.4. The van der Waals surface area contributed by atoms with Crippen molar-refractivity contribution < 1.29 is 5.21 Å². The number of rotatable bonds is 9. The van der Waals surface area contributed by atoms with Gasteiger partial charge in [0, 0.05) is 49.8 Å². The van der Waals surface area contributed by atoms with Gasteiger partial charge in [-0.25, -0.2) is 19.9 Å².